The first-order chi connectivity index (χ1) is 13.2. The second kappa shape index (κ2) is 11.7. The average molecular weight is 375 g/mol. The first-order valence-electron chi connectivity index (χ1n) is 10.2. The number of ether oxygens (including phenoxy) is 3. The zero-order valence-electron chi connectivity index (χ0n) is 17.0. The molecule has 0 saturated heterocycles. The lowest BCUT2D eigenvalue weighted by molar-refractivity contribution is -0.134. The lowest BCUT2D eigenvalue weighted by Gasteiger charge is -2.28. The van der Waals surface area contributed by atoms with Crippen LogP contribution in [-0.2, 0) is 9.53 Å². The van der Waals surface area contributed by atoms with Gasteiger partial charge in [0.1, 0.15) is 0 Å². The molecule has 1 fully saturated rings. The van der Waals surface area contributed by atoms with Crippen LogP contribution >= 0.6 is 0 Å². The molecule has 0 bridgehead atoms. The molecular formula is C23H34O4. The number of carbonyl (C=O) groups is 1. The Labute approximate surface area is 163 Å². The average Bonchev–Trinajstić information content (AvgIpc) is 2.71. The molecule has 0 unspecified atom stereocenters. The van der Waals surface area contributed by atoms with Gasteiger partial charge < -0.3 is 14.2 Å². The van der Waals surface area contributed by atoms with Crippen LogP contribution in [0.1, 0.15) is 63.9 Å². The van der Waals surface area contributed by atoms with Crippen molar-refractivity contribution in [2.24, 2.45) is 11.8 Å². The summed E-state index contributed by atoms with van der Waals surface area (Å²) in [6.07, 6.45) is 13.8. The standard InChI is InChI=1S/C23H34O4/c1-4-5-6-7-18-8-10-20(11-9-18)17-27-21-14-12-19(16-22(21)25-2)13-15-23(24)26-3/h12-16,18,20H,4-11,17H2,1-3H3/b15-13+/t18-,20-. The Hall–Kier alpha value is -1.97. The van der Waals surface area contributed by atoms with Gasteiger partial charge in [-0.1, -0.05) is 51.5 Å². The van der Waals surface area contributed by atoms with Crippen LogP contribution in [0.15, 0.2) is 24.3 Å². The molecule has 0 aliphatic heterocycles. The van der Waals surface area contributed by atoms with Crippen LogP contribution in [0.25, 0.3) is 6.08 Å². The Morgan fingerprint density at radius 3 is 2.48 bits per heavy atom. The van der Waals surface area contributed by atoms with Gasteiger partial charge in [-0.3, -0.25) is 0 Å². The minimum atomic E-state index is -0.375. The maximum Gasteiger partial charge on any atom is 0.330 e. The van der Waals surface area contributed by atoms with Crippen molar-refractivity contribution in [3.8, 4) is 11.5 Å². The molecule has 0 heterocycles. The third kappa shape index (κ3) is 7.28. The maximum absolute atomic E-state index is 11.2. The first kappa shape index (κ1) is 21.3. The van der Waals surface area contributed by atoms with E-state index >= 15 is 0 Å². The molecule has 0 atom stereocenters. The number of rotatable bonds is 10. The number of hydrogen-bond acceptors (Lipinski definition) is 4. The van der Waals surface area contributed by atoms with Crippen LogP contribution < -0.4 is 9.47 Å². The minimum absolute atomic E-state index is 0.375. The molecule has 4 nitrogen and oxygen atoms in total. The SMILES string of the molecule is CCCCC[C@H]1CC[C@H](COc2ccc(/C=C/C(=O)OC)cc2OC)CC1. The van der Waals surface area contributed by atoms with E-state index in [-0.39, 0.29) is 5.97 Å². The van der Waals surface area contributed by atoms with Gasteiger partial charge >= 0.3 is 5.97 Å². The monoisotopic (exact) mass is 374 g/mol. The highest BCUT2D eigenvalue weighted by atomic mass is 16.5. The fraction of sp³-hybridized carbons (Fsp3) is 0.609. The fourth-order valence-electron chi connectivity index (χ4n) is 3.72. The number of methoxy groups -OCH3 is 2. The van der Waals surface area contributed by atoms with Crippen molar-refractivity contribution < 1.29 is 19.0 Å². The molecule has 0 aromatic heterocycles. The van der Waals surface area contributed by atoms with E-state index in [0.29, 0.717) is 11.7 Å². The molecule has 1 aliphatic rings. The summed E-state index contributed by atoms with van der Waals surface area (Å²) in [6.45, 7) is 3.01. The summed E-state index contributed by atoms with van der Waals surface area (Å²) in [5.74, 6) is 2.63. The summed E-state index contributed by atoms with van der Waals surface area (Å²) in [4.78, 5) is 11.2. The lowest BCUT2D eigenvalue weighted by atomic mass is 9.80. The number of hydrogen-bond donors (Lipinski definition) is 0. The number of benzene rings is 1. The highest BCUT2D eigenvalue weighted by molar-refractivity contribution is 5.87. The summed E-state index contributed by atoms with van der Waals surface area (Å²) in [6, 6.07) is 5.70. The molecule has 0 N–H and O–H groups in total. The Morgan fingerprint density at radius 1 is 1.07 bits per heavy atom. The van der Waals surface area contributed by atoms with Gasteiger partial charge in [0, 0.05) is 6.08 Å². The van der Waals surface area contributed by atoms with Crippen molar-refractivity contribution in [3.63, 3.8) is 0 Å². The van der Waals surface area contributed by atoms with Crippen molar-refractivity contribution in [3.05, 3.63) is 29.8 Å². The van der Waals surface area contributed by atoms with Crippen LogP contribution in [-0.4, -0.2) is 26.8 Å². The third-order valence-electron chi connectivity index (χ3n) is 5.46. The van der Waals surface area contributed by atoms with Crippen LogP contribution in [0.3, 0.4) is 0 Å². The Balaban J connectivity index is 1.82. The zero-order valence-corrected chi connectivity index (χ0v) is 17.0. The van der Waals surface area contributed by atoms with Gasteiger partial charge in [-0.15, -0.1) is 0 Å². The molecule has 0 spiro atoms. The Morgan fingerprint density at radius 2 is 1.81 bits per heavy atom. The molecular weight excluding hydrogens is 340 g/mol. The van der Waals surface area contributed by atoms with Crippen LogP contribution in [0.5, 0.6) is 11.5 Å². The molecule has 1 aromatic rings. The normalized spacial score (nSPS) is 19.8. The molecule has 0 amide bonds. The van der Waals surface area contributed by atoms with Crippen molar-refractivity contribution in [1.29, 1.82) is 0 Å². The van der Waals surface area contributed by atoms with Gasteiger partial charge in [0.15, 0.2) is 11.5 Å². The van der Waals surface area contributed by atoms with Gasteiger partial charge in [0.05, 0.1) is 20.8 Å². The lowest BCUT2D eigenvalue weighted by Crippen LogP contribution is -2.20. The van der Waals surface area contributed by atoms with E-state index in [0.717, 1.165) is 23.8 Å². The van der Waals surface area contributed by atoms with Crippen molar-refractivity contribution >= 4 is 12.0 Å². The van der Waals surface area contributed by atoms with E-state index in [1.807, 2.05) is 18.2 Å². The first-order valence-corrected chi connectivity index (χ1v) is 10.2. The summed E-state index contributed by atoms with van der Waals surface area (Å²) in [5.41, 5.74) is 0.872. The van der Waals surface area contributed by atoms with Gasteiger partial charge in [-0.25, -0.2) is 4.79 Å². The van der Waals surface area contributed by atoms with E-state index in [2.05, 4.69) is 11.7 Å². The summed E-state index contributed by atoms with van der Waals surface area (Å²) < 4.78 is 16.1. The van der Waals surface area contributed by atoms with Crippen molar-refractivity contribution in [1.82, 2.24) is 0 Å². The molecule has 1 saturated carbocycles. The van der Waals surface area contributed by atoms with Crippen LogP contribution in [0, 0.1) is 11.8 Å². The number of unbranched alkanes of at least 4 members (excludes halogenated alkanes) is 2. The topological polar surface area (TPSA) is 44.8 Å². The maximum atomic E-state index is 11.2. The second-order valence-corrected chi connectivity index (χ2v) is 7.46. The van der Waals surface area contributed by atoms with Gasteiger partial charge in [0.2, 0.25) is 0 Å². The van der Waals surface area contributed by atoms with E-state index in [9.17, 15) is 4.79 Å². The van der Waals surface area contributed by atoms with Gasteiger partial charge in [-0.2, -0.15) is 0 Å². The molecule has 27 heavy (non-hydrogen) atoms. The minimum Gasteiger partial charge on any atom is -0.493 e. The fourth-order valence-corrected chi connectivity index (χ4v) is 3.72. The van der Waals surface area contributed by atoms with Gasteiger partial charge in [-0.05, 0) is 48.4 Å². The molecule has 1 aliphatic carbocycles. The van der Waals surface area contributed by atoms with E-state index < -0.39 is 0 Å². The van der Waals surface area contributed by atoms with Gasteiger partial charge in [0.25, 0.3) is 0 Å². The van der Waals surface area contributed by atoms with Crippen molar-refractivity contribution in [2.75, 3.05) is 20.8 Å². The molecule has 0 radical (unpaired) electrons. The predicted molar refractivity (Wildman–Crippen MR) is 109 cm³/mol. The smallest absolute Gasteiger partial charge is 0.330 e. The summed E-state index contributed by atoms with van der Waals surface area (Å²) in [7, 11) is 3.00. The number of carbonyl (C=O) groups excluding carboxylic acids is 1. The second-order valence-electron chi connectivity index (χ2n) is 7.46. The zero-order chi connectivity index (χ0) is 19.5. The third-order valence-corrected chi connectivity index (χ3v) is 5.46. The predicted octanol–water partition coefficient (Wildman–Crippen LogP) is 5.65. The molecule has 2 rings (SSSR count). The van der Waals surface area contributed by atoms with E-state index in [4.69, 9.17) is 9.47 Å². The highest BCUT2D eigenvalue weighted by Gasteiger charge is 2.21. The Kier molecular flexibility index (Phi) is 9.23. The molecule has 150 valence electrons. The van der Waals surface area contributed by atoms with Crippen LogP contribution in [0.2, 0.25) is 0 Å². The summed E-state index contributed by atoms with van der Waals surface area (Å²) in [5, 5.41) is 0. The Bertz CT molecular complexity index is 600. The van der Waals surface area contributed by atoms with Crippen molar-refractivity contribution in [2.45, 2.75) is 58.3 Å². The van der Waals surface area contributed by atoms with Crippen LogP contribution in [0.4, 0.5) is 0 Å². The summed E-state index contributed by atoms with van der Waals surface area (Å²) >= 11 is 0. The number of esters is 1. The molecule has 1 aromatic carbocycles. The quantitative estimate of drug-likeness (QED) is 0.302. The largest absolute Gasteiger partial charge is 0.493 e. The highest BCUT2D eigenvalue weighted by Crippen LogP contribution is 2.34. The van der Waals surface area contributed by atoms with E-state index in [1.54, 1.807) is 13.2 Å². The molecule has 4 heteroatoms. The van der Waals surface area contributed by atoms with E-state index in [1.165, 1.54) is 64.6 Å².